The van der Waals surface area contributed by atoms with Gasteiger partial charge in [0.05, 0.1) is 17.4 Å². The first kappa shape index (κ1) is 24.4. The van der Waals surface area contributed by atoms with E-state index in [9.17, 15) is 4.79 Å². The van der Waals surface area contributed by atoms with Crippen LogP contribution in [0.25, 0.3) is 22.0 Å². The standard InChI is InChI=1S/C29H33N7O2/c1-35-13-8-24(9-14-35)38-27-17-22(7-10-31-27)32-29(37)28-25-16-20(5-6-26(25)33-34-28)21-15-23(19-30-18-21)36-11-3-2-4-12-36/h5-7,10,15-19,24H,2-4,8-9,11-14H2,1H3,(H,33,34)(H,31,32,37). The number of amides is 1. The van der Waals surface area contributed by atoms with Crippen molar-refractivity contribution >= 4 is 28.2 Å². The molecule has 1 amide bonds. The van der Waals surface area contributed by atoms with Crippen LogP contribution >= 0.6 is 0 Å². The number of benzene rings is 1. The van der Waals surface area contributed by atoms with Gasteiger partial charge >= 0.3 is 0 Å². The first-order valence-electron chi connectivity index (χ1n) is 13.4. The number of likely N-dealkylation sites (tertiary alicyclic amines) is 1. The Morgan fingerprint density at radius 3 is 2.68 bits per heavy atom. The number of nitrogens with one attached hydrogen (secondary N) is 2. The van der Waals surface area contributed by atoms with Crippen LogP contribution in [0.5, 0.6) is 5.88 Å². The summed E-state index contributed by atoms with van der Waals surface area (Å²) in [5.41, 5.74) is 4.93. The highest BCUT2D eigenvalue weighted by atomic mass is 16.5. The Morgan fingerprint density at radius 2 is 1.84 bits per heavy atom. The van der Waals surface area contributed by atoms with E-state index in [0.717, 1.165) is 66.7 Å². The lowest BCUT2D eigenvalue weighted by atomic mass is 10.0. The Kier molecular flexibility index (Phi) is 6.92. The van der Waals surface area contributed by atoms with Crippen LogP contribution in [0.3, 0.4) is 0 Å². The van der Waals surface area contributed by atoms with E-state index in [1.807, 2.05) is 30.6 Å². The van der Waals surface area contributed by atoms with Crippen molar-refractivity contribution < 1.29 is 9.53 Å². The summed E-state index contributed by atoms with van der Waals surface area (Å²) in [6, 6.07) is 11.7. The van der Waals surface area contributed by atoms with E-state index in [4.69, 9.17) is 4.74 Å². The molecule has 2 fully saturated rings. The van der Waals surface area contributed by atoms with Gasteiger partial charge in [-0.15, -0.1) is 0 Å². The Hall–Kier alpha value is -3.98. The van der Waals surface area contributed by atoms with Crippen LogP contribution in [-0.2, 0) is 0 Å². The van der Waals surface area contributed by atoms with E-state index in [1.165, 1.54) is 19.3 Å². The molecule has 0 aliphatic carbocycles. The number of ether oxygens (including phenoxy) is 1. The third-order valence-electron chi connectivity index (χ3n) is 7.50. The molecule has 2 N–H and O–H groups in total. The second kappa shape index (κ2) is 10.8. The van der Waals surface area contributed by atoms with Gasteiger partial charge in [-0.1, -0.05) is 6.07 Å². The summed E-state index contributed by atoms with van der Waals surface area (Å²) >= 11 is 0. The molecule has 0 unspecified atom stereocenters. The molecule has 5 heterocycles. The van der Waals surface area contributed by atoms with E-state index in [0.29, 0.717) is 17.3 Å². The molecule has 0 spiro atoms. The molecule has 38 heavy (non-hydrogen) atoms. The van der Waals surface area contributed by atoms with Gasteiger partial charge in [-0.2, -0.15) is 5.10 Å². The molecular formula is C29H33N7O2. The predicted octanol–water partition coefficient (Wildman–Crippen LogP) is 4.74. The maximum absolute atomic E-state index is 13.3. The number of H-pyrrole nitrogens is 1. The number of carbonyl (C=O) groups excluding carboxylic acids is 1. The first-order valence-corrected chi connectivity index (χ1v) is 13.4. The van der Waals surface area contributed by atoms with Gasteiger partial charge in [0.1, 0.15) is 6.10 Å². The van der Waals surface area contributed by atoms with Crippen molar-refractivity contribution in [1.82, 2.24) is 25.1 Å². The molecule has 0 radical (unpaired) electrons. The summed E-state index contributed by atoms with van der Waals surface area (Å²) in [7, 11) is 2.12. The Labute approximate surface area is 222 Å². The number of hydrogen-bond donors (Lipinski definition) is 2. The van der Waals surface area contributed by atoms with E-state index >= 15 is 0 Å². The molecule has 2 saturated heterocycles. The minimum absolute atomic E-state index is 0.140. The molecule has 6 rings (SSSR count). The number of aromatic nitrogens is 4. The number of rotatable bonds is 6. The quantitative estimate of drug-likeness (QED) is 0.386. The molecule has 1 aromatic carbocycles. The second-order valence-electron chi connectivity index (χ2n) is 10.3. The maximum atomic E-state index is 13.3. The van der Waals surface area contributed by atoms with Crippen molar-refractivity contribution in [2.45, 2.75) is 38.2 Å². The van der Waals surface area contributed by atoms with Gasteiger partial charge in [0, 0.05) is 61.3 Å². The summed E-state index contributed by atoms with van der Waals surface area (Å²) in [6.45, 7) is 4.15. The van der Waals surface area contributed by atoms with Gasteiger partial charge in [-0.25, -0.2) is 4.98 Å². The monoisotopic (exact) mass is 511 g/mol. The average Bonchev–Trinajstić information content (AvgIpc) is 3.39. The average molecular weight is 512 g/mol. The van der Waals surface area contributed by atoms with Crippen molar-refractivity contribution in [3.05, 3.63) is 60.7 Å². The van der Waals surface area contributed by atoms with Crippen LogP contribution in [0.1, 0.15) is 42.6 Å². The van der Waals surface area contributed by atoms with Crippen molar-refractivity contribution in [2.75, 3.05) is 43.4 Å². The lowest BCUT2D eigenvalue weighted by Gasteiger charge is -2.28. The van der Waals surface area contributed by atoms with Crippen molar-refractivity contribution in [1.29, 1.82) is 0 Å². The van der Waals surface area contributed by atoms with Crippen LogP contribution < -0.4 is 15.0 Å². The molecule has 2 aliphatic heterocycles. The fourth-order valence-electron chi connectivity index (χ4n) is 5.29. The number of anilines is 2. The largest absolute Gasteiger partial charge is 0.474 e. The van der Waals surface area contributed by atoms with Crippen molar-refractivity contribution in [3.63, 3.8) is 0 Å². The van der Waals surface area contributed by atoms with Crippen molar-refractivity contribution in [2.24, 2.45) is 0 Å². The highest BCUT2D eigenvalue weighted by Crippen LogP contribution is 2.29. The molecule has 0 bridgehead atoms. The van der Waals surface area contributed by atoms with Crippen LogP contribution in [0.15, 0.2) is 55.0 Å². The van der Waals surface area contributed by atoms with E-state index < -0.39 is 0 Å². The van der Waals surface area contributed by atoms with Gasteiger partial charge in [-0.3, -0.25) is 14.9 Å². The minimum atomic E-state index is -0.287. The van der Waals surface area contributed by atoms with Crippen molar-refractivity contribution in [3.8, 4) is 17.0 Å². The van der Waals surface area contributed by atoms with Crippen LogP contribution in [0.2, 0.25) is 0 Å². The normalized spacial score (nSPS) is 17.0. The number of pyridine rings is 2. The maximum Gasteiger partial charge on any atom is 0.276 e. The van der Waals surface area contributed by atoms with Gasteiger partial charge in [0.2, 0.25) is 5.88 Å². The minimum Gasteiger partial charge on any atom is -0.474 e. The third-order valence-corrected chi connectivity index (χ3v) is 7.50. The van der Waals surface area contributed by atoms with Crippen LogP contribution in [0.4, 0.5) is 11.4 Å². The Morgan fingerprint density at radius 1 is 1.00 bits per heavy atom. The third kappa shape index (κ3) is 5.33. The second-order valence-corrected chi connectivity index (χ2v) is 10.3. The number of nitrogens with zero attached hydrogens (tertiary/aromatic N) is 5. The predicted molar refractivity (Wildman–Crippen MR) is 149 cm³/mol. The summed E-state index contributed by atoms with van der Waals surface area (Å²) in [4.78, 5) is 26.8. The lowest BCUT2D eigenvalue weighted by molar-refractivity contribution is 0.102. The molecular weight excluding hydrogens is 478 g/mol. The number of fused-ring (bicyclic) bond motifs is 1. The lowest BCUT2D eigenvalue weighted by Crippen LogP contribution is -2.35. The van der Waals surface area contributed by atoms with Gasteiger partial charge in [0.15, 0.2) is 5.69 Å². The number of piperidine rings is 2. The van der Waals surface area contributed by atoms with Gasteiger partial charge in [-0.05, 0) is 69.0 Å². The summed E-state index contributed by atoms with van der Waals surface area (Å²) in [5, 5.41) is 11.0. The molecule has 9 nitrogen and oxygen atoms in total. The number of carbonyl (C=O) groups is 1. The van der Waals surface area contributed by atoms with Crippen LogP contribution in [0, 0.1) is 0 Å². The zero-order chi connectivity index (χ0) is 25.9. The van der Waals surface area contributed by atoms with E-state index in [-0.39, 0.29) is 12.0 Å². The molecule has 196 valence electrons. The molecule has 2 aliphatic rings. The highest BCUT2D eigenvalue weighted by Gasteiger charge is 2.20. The first-order chi connectivity index (χ1) is 18.6. The molecule has 3 aromatic heterocycles. The fraction of sp³-hybridized carbons (Fsp3) is 0.379. The van der Waals surface area contributed by atoms with E-state index in [2.05, 4.69) is 48.4 Å². The highest BCUT2D eigenvalue weighted by molar-refractivity contribution is 6.11. The Bertz CT molecular complexity index is 1420. The Balaban J connectivity index is 1.20. The molecule has 0 saturated carbocycles. The summed E-state index contributed by atoms with van der Waals surface area (Å²) < 4.78 is 6.08. The zero-order valence-corrected chi connectivity index (χ0v) is 21.7. The smallest absolute Gasteiger partial charge is 0.276 e. The number of hydrogen-bond acceptors (Lipinski definition) is 7. The molecule has 4 aromatic rings. The summed E-state index contributed by atoms with van der Waals surface area (Å²) in [6.07, 6.45) is 11.3. The van der Waals surface area contributed by atoms with Crippen LogP contribution in [-0.4, -0.2) is 70.3 Å². The zero-order valence-electron chi connectivity index (χ0n) is 21.7. The number of aromatic amines is 1. The molecule has 9 heteroatoms. The van der Waals surface area contributed by atoms with E-state index in [1.54, 1.807) is 18.3 Å². The fourth-order valence-corrected chi connectivity index (χ4v) is 5.29. The summed E-state index contributed by atoms with van der Waals surface area (Å²) in [5.74, 6) is 0.234. The van der Waals surface area contributed by atoms with Gasteiger partial charge < -0.3 is 19.9 Å². The topological polar surface area (TPSA) is 99.3 Å². The van der Waals surface area contributed by atoms with Gasteiger partial charge in [0.25, 0.3) is 5.91 Å². The SMILES string of the molecule is CN1CCC(Oc2cc(NC(=O)c3n[nH]c4ccc(-c5cncc(N6CCCCC6)c5)cc34)ccn2)CC1. The molecule has 0 atom stereocenters.